The van der Waals surface area contributed by atoms with Gasteiger partial charge in [0, 0.05) is 30.7 Å². The number of aliphatic imine (C=N–C) groups is 1. The molecule has 9 heteroatoms. The predicted molar refractivity (Wildman–Crippen MR) is 146 cm³/mol. The summed E-state index contributed by atoms with van der Waals surface area (Å²) in [5, 5.41) is 3.08. The number of hydrogen-bond acceptors (Lipinski definition) is 7. The standard InChI is InChI=1S/C27H32N4O4S/c1-8-21(19(2)16-28-17-20(3)31(7)26(33)35-27(4,5)6)14-15-23-18-29-24(36-23)30-25(32)34-22-12-10-9-11-13-22/h8-14,16-18H,1,3,15H2,2,4-7H3,(H,29,30,32). The zero-order valence-corrected chi connectivity index (χ0v) is 22.1. The third-order valence-electron chi connectivity index (χ3n) is 4.50. The molecule has 0 fully saturated rings. The number of nitrogens with one attached hydrogen (secondary N) is 1. The molecular formula is C27H32N4O4S. The van der Waals surface area contributed by atoms with Crippen molar-refractivity contribution >= 4 is 34.9 Å². The minimum atomic E-state index is -0.597. The van der Waals surface area contributed by atoms with Crippen LogP contribution in [-0.4, -0.2) is 40.9 Å². The van der Waals surface area contributed by atoms with Gasteiger partial charge in [0.25, 0.3) is 0 Å². The van der Waals surface area contributed by atoms with E-state index in [2.05, 4.69) is 28.5 Å². The van der Waals surface area contributed by atoms with Crippen LogP contribution in [0, 0.1) is 0 Å². The average molecular weight is 509 g/mol. The fourth-order valence-corrected chi connectivity index (χ4v) is 3.39. The van der Waals surface area contributed by atoms with Gasteiger partial charge in [-0.3, -0.25) is 15.2 Å². The van der Waals surface area contributed by atoms with Crippen molar-refractivity contribution in [1.29, 1.82) is 0 Å². The zero-order chi connectivity index (χ0) is 26.7. The minimum absolute atomic E-state index is 0.396. The molecule has 0 aliphatic heterocycles. The van der Waals surface area contributed by atoms with E-state index in [0.717, 1.165) is 16.0 Å². The van der Waals surface area contributed by atoms with E-state index >= 15 is 0 Å². The lowest BCUT2D eigenvalue weighted by atomic mass is 10.1. The van der Waals surface area contributed by atoms with E-state index in [9.17, 15) is 9.59 Å². The molecule has 1 heterocycles. The molecule has 0 atom stereocenters. The van der Waals surface area contributed by atoms with Crippen molar-refractivity contribution in [3.8, 4) is 5.75 Å². The van der Waals surface area contributed by atoms with Gasteiger partial charge in [-0.05, 0) is 51.0 Å². The highest BCUT2D eigenvalue weighted by Gasteiger charge is 2.20. The molecule has 190 valence electrons. The van der Waals surface area contributed by atoms with Crippen molar-refractivity contribution < 1.29 is 19.1 Å². The Hall–Kier alpha value is -3.98. The van der Waals surface area contributed by atoms with Gasteiger partial charge in [-0.25, -0.2) is 14.6 Å². The van der Waals surface area contributed by atoms with E-state index < -0.39 is 17.8 Å². The van der Waals surface area contributed by atoms with Crippen LogP contribution in [0.5, 0.6) is 5.75 Å². The Bertz CT molecular complexity index is 1170. The summed E-state index contributed by atoms with van der Waals surface area (Å²) in [4.78, 5) is 34.9. The minimum Gasteiger partial charge on any atom is -0.443 e. The maximum Gasteiger partial charge on any atom is 0.418 e. The topological polar surface area (TPSA) is 93.1 Å². The third kappa shape index (κ3) is 9.71. The predicted octanol–water partition coefficient (Wildman–Crippen LogP) is 6.76. The fraction of sp³-hybridized carbons (Fsp3) is 0.259. The van der Waals surface area contributed by atoms with Crippen LogP contribution in [0.4, 0.5) is 14.7 Å². The molecule has 0 unspecified atom stereocenters. The first kappa shape index (κ1) is 28.3. The summed E-state index contributed by atoms with van der Waals surface area (Å²) < 4.78 is 10.5. The van der Waals surface area contributed by atoms with Crippen LogP contribution >= 0.6 is 11.3 Å². The van der Waals surface area contributed by atoms with Crippen molar-refractivity contribution in [1.82, 2.24) is 9.88 Å². The van der Waals surface area contributed by atoms with E-state index in [4.69, 9.17) is 9.47 Å². The molecule has 1 aromatic heterocycles. The maximum absolute atomic E-state index is 12.1. The third-order valence-corrected chi connectivity index (χ3v) is 5.44. The summed E-state index contributed by atoms with van der Waals surface area (Å²) >= 11 is 1.36. The Morgan fingerprint density at radius 2 is 1.94 bits per heavy atom. The second kappa shape index (κ2) is 13.2. The first-order valence-electron chi connectivity index (χ1n) is 11.2. The summed E-state index contributed by atoms with van der Waals surface area (Å²) in [5.74, 6) is 0.454. The molecule has 0 aliphatic carbocycles. The highest BCUT2D eigenvalue weighted by Crippen LogP contribution is 2.21. The number of ether oxygens (including phenoxy) is 2. The van der Waals surface area contributed by atoms with Crippen molar-refractivity contribution in [2.45, 2.75) is 39.7 Å². The lowest BCUT2D eigenvalue weighted by molar-refractivity contribution is 0.0364. The van der Waals surface area contributed by atoms with Gasteiger partial charge in [0.05, 0.1) is 11.9 Å². The second-order valence-corrected chi connectivity index (χ2v) is 9.76. The molecule has 0 spiro atoms. The van der Waals surface area contributed by atoms with Crippen molar-refractivity contribution in [3.63, 3.8) is 0 Å². The fourth-order valence-electron chi connectivity index (χ4n) is 2.63. The van der Waals surface area contributed by atoms with Crippen molar-refractivity contribution in [2.24, 2.45) is 4.99 Å². The summed E-state index contributed by atoms with van der Waals surface area (Å²) in [6, 6.07) is 8.81. The van der Waals surface area contributed by atoms with Crippen LogP contribution in [0.1, 0.15) is 32.6 Å². The molecular weight excluding hydrogens is 476 g/mol. The molecule has 36 heavy (non-hydrogen) atoms. The summed E-state index contributed by atoms with van der Waals surface area (Å²) in [6.07, 6.45) is 8.09. The molecule has 1 N–H and O–H groups in total. The van der Waals surface area contributed by atoms with Crippen LogP contribution in [0.2, 0.25) is 0 Å². The lowest BCUT2D eigenvalue weighted by Gasteiger charge is -2.24. The highest BCUT2D eigenvalue weighted by molar-refractivity contribution is 7.15. The SMILES string of the molecule is C=CC(=CCc1cnc(NC(=O)Oc2ccccc2)s1)C(C)=CN=CC(=C)N(C)C(=O)OC(C)(C)C. The number of carbonyl (C=O) groups is 2. The molecule has 2 aromatic rings. The van der Waals surface area contributed by atoms with Gasteiger partial charge in [0.1, 0.15) is 11.4 Å². The average Bonchev–Trinajstić information content (AvgIpc) is 3.25. The number of benzene rings is 1. The molecule has 0 saturated heterocycles. The van der Waals surface area contributed by atoms with Gasteiger partial charge in [-0.2, -0.15) is 0 Å². The highest BCUT2D eigenvalue weighted by atomic mass is 32.1. The normalized spacial score (nSPS) is 12.2. The van der Waals surface area contributed by atoms with E-state index in [1.807, 2.05) is 19.1 Å². The number of para-hydroxylation sites is 1. The summed E-state index contributed by atoms with van der Waals surface area (Å²) in [6.45, 7) is 15.0. The Kier molecular flexibility index (Phi) is 10.4. The van der Waals surface area contributed by atoms with Gasteiger partial charge < -0.3 is 9.47 Å². The van der Waals surface area contributed by atoms with Crippen LogP contribution in [0.3, 0.4) is 0 Å². The maximum atomic E-state index is 12.1. The van der Waals surface area contributed by atoms with Gasteiger partial charge >= 0.3 is 12.2 Å². The number of carbonyl (C=O) groups excluding carboxylic acids is 2. The monoisotopic (exact) mass is 508 g/mol. The first-order chi connectivity index (χ1) is 17.0. The van der Waals surface area contributed by atoms with E-state index in [-0.39, 0.29) is 0 Å². The van der Waals surface area contributed by atoms with Gasteiger partial charge in [-0.1, -0.05) is 43.5 Å². The molecule has 0 bridgehead atoms. The molecule has 0 radical (unpaired) electrons. The van der Waals surface area contributed by atoms with Crippen LogP contribution < -0.4 is 10.1 Å². The molecule has 2 amide bonds. The van der Waals surface area contributed by atoms with E-state index in [0.29, 0.717) is 23.0 Å². The van der Waals surface area contributed by atoms with Crippen molar-refractivity contribution in [3.05, 3.63) is 89.8 Å². The van der Waals surface area contributed by atoms with Crippen LogP contribution in [0.25, 0.3) is 0 Å². The molecule has 8 nitrogen and oxygen atoms in total. The quantitative estimate of drug-likeness (QED) is 0.298. The van der Waals surface area contributed by atoms with Gasteiger partial charge in [-0.15, -0.1) is 11.3 Å². The Morgan fingerprint density at radius 3 is 2.58 bits per heavy atom. The Morgan fingerprint density at radius 1 is 1.25 bits per heavy atom. The number of anilines is 1. The van der Waals surface area contributed by atoms with E-state index in [1.165, 1.54) is 22.5 Å². The second-order valence-electron chi connectivity index (χ2n) is 8.65. The number of hydrogen-bond donors (Lipinski definition) is 1. The molecule has 0 aliphatic rings. The summed E-state index contributed by atoms with van der Waals surface area (Å²) in [5.41, 5.74) is 1.57. The van der Waals surface area contributed by atoms with Gasteiger partial charge in [0.15, 0.2) is 5.13 Å². The Balaban J connectivity index is 1.93. The largest absolute Gasteiger partial charge is 0.443 e. The van der Waals surface area contributed by atoms with Crippen LogP contribution in [0.15, 0.2) is 89.9 Å². The number of amides is 2. The summed E-state index contributed by atoms with van der Waals surface area (Å²) in [7, 11) is 1.58. The molecule has 0 saturated carbocycles. The van der Waals surface area contributed by atoms with Crippen molar-refractivity contribution in [2.75, 3.05) is 12.4 Å². The number of nitrogens with zero attached hydrogens (tertiary/aromatic N) is 3. The Labute approximate surface area is 216 Å². The van der Waals surface area contributed by atoms with E-state index in [1.54, 1.807) is 70.6 Å². The van der Waals surface area contributed by atoms with Gasteiger partial charge in [0.2, 0.25) is 0 Å². The lowest BCUT2D eigenvalue weighted by Crippen LogP contribution is -2.33. The number of thiazole rings is 1. The molecule has 1 aromatic carbocycles. The number of rotatable bonds is 9. The number of allylic oxidation sites excluding steroid dienone is 5. The molecule has 2 rings (SSSR count). The number of aromatic nitrogens is 1. The first-order valence-corrected chi connectivity index (χ1v) is 12.0. The smallest absolute Gasteiger partial charge is 0.418 e. The van der Waals surface area contributed by atoms with Crippen LogP contribution in [-0.2, 0) is 11.2 Å². The zero-order valence-electron chi connectivity index (χ0n) is 21.3.